The highest BCUT2D eigenvalue weighted by Gasteiger charge is 2.15. The maximum atomic E-state index is 13.7. The molecule has 0 spiro atoms. The van der Waals surface area contributed by atoms with Crippen molar-refractivity contribution in [2.75, 3.05) is 7.11 Å². The molecule has 0 saturated carbocycles. The van der Waals surface area contributed by atoms with Crippen molar-refractivity contribution < 1.29 is 9.13 Å². The molecule has 0 saturated heterocycles. The van der Waals surface area contributed by atoms with Gasteiger partial charge < -0.3 is 4.74 Å². The minimum Gasteiger partial charge on any atom is -0.496 e. The Morgan fingerprint density at radius 3 is 2.57 bits per heavy atom. The van der Waals surface area contributed by atoms with E-state index in [1.54, 1.807) is 25.3 Å². The minimum absolute atomic E-state index is 0.262. The van der Waals surface area contributed by atoms with Crippen molar-refractivity contribution in [3.63, 3.8) is 0 Å². The minimum atomic E-state index is -0.363. The molecule has 1 unspecified atom stereocenters. The van der Waals surface area contributed by atoms with Gasteiger partial charge in [-0.1, -0.05) is 37.3 Å². The topological polar surface area (TPSA) is 33.0 Å². The molecule has 2 aromatic rings. The molecule has 0 heterocycles. The quantitative estimate of drug-likeness (QED) is 0.822. The Morgan fingerprint density at radius 1 is 1.19 bits per heavy atom. The molecule has 0 amide bonds. The van der Waals surface area contributed by atoms with Crippen LogP contribution in [-0.2, 0) is 12.8 Å². The summed E-state index contributed by atoms with van der Waals surface area (Å²) in [5, 5.41) is 9.42. The highest BCUT2D eigenvalue weighted by atomic mass is 19.1. The van der Waals surface area contributed by atoms with Gasteiger partial charge in [-0.3, -0.25) is 0 Å². The first kappa shape index (κ1) is 15.1. The lowest BCUT2D eigenvalue weighted by Gasteiger charge is -2.14. The molecule has 0 aliphatic carbocycles. The van der Waals surface area contributed by atoms with Crippen molar-refractivity contribution in [2.24, 2.45) is 0 Å². The second kappa shape index (κ2) is 6.90. The fraction of sp³-hybridized carbons (Fsp3) is 0.278. The first-order valence-electron chi connectivity index (χ1n) is 6.99. The van der Waals surface area contributed by atoms with Crippen LogP contribution in [0.4, 0.5) is 4.39 Å². The van der Waals surface area contributed by atoms with E-state index >= 15 is 0 Å². The maximum absolute atomic E-state index is 13.7. The molecule has 0 bridgehead atoms. The summed E-state index contributed by atoms with van der Waals surface area (Å²) in [6.07, 6.45) is 1.20. The van der Waals surface area contributed by atoms with E-state index in [1.165, 1.54) is 6.07 Å². The van der Waals surface area contributed by atoms with Gasteiger partial charge >= 0.3 is 0 Å². The van der Waals surface area contributed by atoms with Crippen LogP contribution in [-0.4, -0.2) is 7.11 Å². The van der Waals surface area contributed by atoms with Crippen molar-refractivity contribution in [1.29, 1.82) is 5.26 Å². The first-order chi connectivity index (χ1) is 10.2. The lowest BCUT2D eigenvalue weighted by molar-refractivity contribution is 0.410. The van der Waals surface area contributed by atoms with Gasteiger partial charge in [-0.2, -0.15) is 5.26 Å². The largest absolute Gasteiger partial charge is 0.496 e. The summed E-state index contributed by atoms with van der Waals surface area (Å²) < 4.78 is 19.0. The predicted molar refractivity (Wildman–Crippen MR) is 80.8 cm³/mol. The number of hydrogen-bond acceptors (Lipinski definition) is 2. The summed E-state index contributed by atoms with van der Waals surface area (Å²) in [5.41, 5.74) is 2.53. The monoisotopic (exact) mass is 283 g/mol. The third kappa shape index (κ3) is 3.41. The first-order valence-corrected chi connectivity index (χ1v) is 6.99. The summed E-state index contributed by atoms with van der Waals surface area (Å²) in [5.74, 6) is 0.198. The van der Waals surface area contributed by atoms with Gasteiger partial charge in [0.1, 0.15) is 11.6 Å². The van der Waals surface area contributed by atoms with E-state index < -0.39 is 0 Å². The molecule has 2 rings (SSSR count). The highest BCUT2D eigenvalue weighted by molar-refractivity contribution is 5.41. The lowest BCUT2D eigenvalue weighted by Crippen LogP contribution is -2.03. The fourth-order valence-electron chi connectivity index (χ4n) is 2.41. The van der Waals surface area contributed by atoms with Crippen molar-refractivity contribution in [2.45, 2.75) is 25.7 Å². The average molecular weight is 283 g/mol. The third-order valence-electron chi connectivity index (χ3n) is 3.63. The van der Waals surface area contributed by atoms with Gasteiger partial charge in [-0.15, -0.1) is 0 Å². The second-order valence-electron chi connectivity index (χ2n) is 4.90. The molecule has 21 heavy (non-hydrogen) atoms. The normalized spacial score (nSPS) is 11.7. The number of rotatable bonds is 5. The Kier molecular flexibility index (Phi) is 4.94. The molecular weight excluding hydrogens is 265 g/mol. The molecule has 3 heteroatoms. The molecule has 0 radical (unpaired) electrons. The van der Waals surface area contributed by atoms with E-state index in [1.807, 2.05) is 25.1 Å². The average Bonchev–Trinajstić information content (AvgIpc) is 2.53. The molecule has 2 nitrogen and oxygen atoms in total. The van der Waals surface area contributed by atoms with Crippen molar-refractivity contribution >= 4 is 0 Å². The van der Waals surface area contributed by atoms with Gasteiger partial charge in [-0.05, 0) is 41.7 Å². The van der Waals surface area contributed by atoms with Crippen LogP contribution >= 0.6 is 0 Å². The smallest absolute Gasteiger partial charge is 0.126 e. The van der Waals surface area contributed by atoms with Crippen LogP contribution in [0.15, 0.2) is 42.5 Å². The molecule has 0 aromatic heterocycles. The summed E-state index contributed by atoms with van der Waals surface area (Å²) >= 11 is 0. The standard InChI is InChI=1S/C18H18FNO/c1-3-13-10-14(8-9-18(13)21-2)16(12-20)11-15-6-4-5-7-17(15)19/h4-10,16H,3,11H2,1-2H3. The molecular formula is C18H18FNO. The molecule has 2 aromatic carbocycles. The van der Waals surface area contributed by atoms with E-state index in [2.05, 4.69) is 6.07 Å². The van der Waals surface area contributed by atoms with Crippen LogP contribution in [0.1, 0.15) is 29.5 Å². The number of benzene rings is 2. The zero-order valence-electron chi connectivity index (χ0n) is 12.3. The Bertz CT molecular complexity index is 661. The Morgan fingerprint density at radius 2 is 1.95 bits per heavy atom. The molecule has 108 valence electrons. The van der Waals surface area contributed by atoms with Crippen LogP contribution in [0, 0.1) is 17.1 Å². The Hall–Kier alpha value is -2.34. The Labute approximate surface area is 124 Å². The zero-order valence-corrected chi connectivity index (χ0v) is 12.3. The number of nitrogens with zero attached hydrogens (tertiary/aromatic N) is 1. The molecule has 0 aliphatic rings. The molecule has 0 aliphatic heterocycles. The van der Waals surface area contributed by atoms with E-state index in [0.717, 1.165) is 23.3 Å². The third-order valence-corrected chi connectivity index (χ3v) is 3.63. The van der Waals surface area contributed by atoms with Gasteiger partial charge in [0, 0.05) is 0 Å². The summed E-state index contributed by atoms with van der Waals surface area (Å²) in [6.45, 7) is 2.04. The van der Waals surface area contributed by atoms with E-state index in [9.17, 15) is 9.65 Å². The second-order valence-corrected chi connectivity index (χ2v) is 4.90. The summed E-state index contributed by atoms with van der Waals surface area (Å²) in [7, 11) is 1.63. The van der Waals surface area contributed by atoms with Crippen molar-refractivity contribution in [3.05, 3.63) is 65.0 Å². The number of halogens is 1. The number of hydrogen-bond donors (Lipinski definition) is 0. The van der Waals surface area contributed by atoms with Crippen LogP contribution in [0.5, 0.6) is 5.75 Å². The zero-order chi connectivity index (χ0) is 15.2. The van der Waals surface area contributed by atoms with Crippen LogP contribution < -0.4 is 4.74 Å². The fourth-order valence-corrected chi connectivity index (χ4v) is 2.41. The van der Waals surface area contributed by atoms with Gasteiger partial charge in [0.05, 0.1) is 19.1 Å². The van der Waals surface area contributed by atoms with Gasteiger partial charge in [-0.25, -0.2) is 4.39 Å². The number of aryl methyl sites for hydroxylation is 1. The number of ether oxygens (including phenoxy) is 1. The van der Waals surface area contributed by atoms with Crippen LogP contribution in [0.25, 0.3) is 0 Å². The summed E-state index contributed by atoms with van der Waals surface area (Å²) in [6, 6.07) is 14.6. The van der Waals surface area contributed by atoms with E-state index in [-0.39, 0.29) is 11.7 Å². The highest BCUT2D eigenvalue weighted by Crippen LogP contribution is 2.27. The summed E-state index contributed by atoms with van der Waals surface area (Å²) in [4.78, 5) is 0. The van der Waals surface area contributed by atoms with Gasteiger partial charge in [0.2, 0.25) is 0 Å². The molecule has 0 N–H and O–H groups in total. The molecule has 1 atom stereocenters. The lowest BCUT2D eigenvalue weighted by atomic mass is 9.91. The maximum Gasteiger partial charge on any atom is 0.126 e. The van der Waals surface area contributed by atoms with Crippen LogP contribution in [0.2, 0.25) is 0 Å². The van der Waals surface area contributed by atoms with E-state index in [4.69, 9.17) is 4.74 Å². The van der Waals surface area contributed by atoms with Crippen LogP contribution in [0.3, 0.4) is 0 Å². The molecule has 0 fully saturated rings. The van der Waals surface area contributed by atoms with Gasteiger partial charge in [0.15, 0.2) is 0 Å². The van der Waals surface area contributed by atoms with Crippen molar-refractivity contribution in [1.82, 2.24) is 0 Å². The Balaban J connectivity index is 2.30. The number of methoxy groups -OCH3 is 1. The SMILES string of the molecule is CCc1cc(C(C#N)Cc2ccccc2F)ccc1OC. The van der Waals surface area contributed by atoms with Gasteiger partial charge in [0.25, 0.3) is 0 Å². The number of nitriles is 1. The van der Waals surface area contributed by atoms with Crippen molar-refractivity contribution in [3.8, 4) is 11.8 Å². The van der Waals surface area contributed by atoms with E-state index in [0.29, 0.717) is 12.0 Å². The predicted octanol–water partition coefficient (Wildman–Crippen LogP) is 4.25.